The fourth-order valence-electron chi connectivity index (χ4n) is 2.33. The van der Waals surface area contributed by atoms with Crippen molar-refractivity contribution in [3.05, 3.63) is 46.8 Å². The number of benzene rings is 1. The van der Waals surface area contributed by atoms with E-state index in [1.165, 1.54) is 12.1 Å². The third-order valence-electron chi connectivity index (χ3n) is 3.32. The van der Waals surface area contributed by atoms with E-state index < -0.39 is 5.97 Å². The molecule has 1 aromatic carbocycles. The van der Waals surface area contributed by atoms with Crippen LogP contribution in [0.15, 0.2) is 24.3 Å². The molecule has 0 atom stereocenters. The van der Waals surface area contributed by atoms with E-state index in [0.29, 0.717) is 28.2 Å². The van der Waals surface area contributed by atoms with Crippen molar-refractivity contribution in [3.63, 3.8) is 0 Å². The Labute approximate surface area is 134 Å². The van der Waals surface area contributed by atoms with Gasteiger partial charge in [0.05, 0.1) is 11.7 Å². The quantitative estimate of drug-likeness (QED) is 0.756. The molecule has 0 fully saturated rings. The molecule has 6 heteroatoms. The first kappa shape index (κ1) is 16.6. The van der Waals surface area contributed by atoms with Crippen LogP contribution in [0, 0.1) is 13.8 Å². The van der Waals surface area contributed by atoms with Crippen LogP contribution in [0.2, 0.25) is 0 Å². The lowest BCUT2D eigenvalue weighted by molar-refractivity contribution is 0.0376. The minimum atomic E-state index is -0.456. The van der Waals surface area contributed by atoms with Crippen molar-refractivity contribution >= 4 is 17.6 Å². The Balaban J connectivity index is 2.27. The number of phenolic OH excluding ortho intramolecular Hbond substituents is 1. The maximum absolute atomic E-state index is 12.4. The summed E-state index contributed by atoms with van der Waals surface area (Å²) in [7, 11) is 0. The second kappa shape index (κ2) is 6.56. The van der Waals surface area contributed by atoms with Gasteiger partial charge in [-0.3, -0.25) is 4.79 Å². The average Bonchev–Trinajstić information content (AvgIpc) is 2.73. The molecule has 122 valence electrons. The van der Waals surface area contributed by atoms with E-state index in [2.05, 4.69) is 10.3 Å². The molecule has 23 heavy (non-hydrogen) atoms. The first-order valence-corrected chi connectivity index (χ1v) is 7.30. The van der Waals surface area contributed by atoms with Crippen LogP contribution in [-0.2, 0) is 4.74 Å². The Morgan fingerprint density at radius 2 is 1.96 bits per heavy atom. The molecular formula is C17H20N2O4. The Kier molecular flexibility index (Phi) is 4.74. The fourth-order valence-corrected chi connectivity index (χ4v) is 2.33. The highest BCUT2D eigenvalue weighted by Crippen LogP contribution is 2.22. The van der Waals surface area contributed by atoms with Crippen molar-refractivity contribution in [2.75, 3.05) is 5.32 Å². The van der Waals surface area contributed by atoms with Crippen molar-refractivity contribution in [3.8, 4) is 5.75 Å². The van der Waals surface area contributed by atoms with Crippen LogP contribution in [0.4, 0.5) is 5.69 Å². The van der Waals surface area contributed by atoms with Gasteiger partial charge in [-0.1, -0.05) is 6.07 Å². The minimum absolute atomic E-state index is 0.0587. The van der Waals surface area contributed by atoms with Gasteiger partial charge in [0.25, 0.3) is 5.91 Å². The van der Waals surface area contributed by atoms with Crippen LogP contribution in [0.1, 0.15) is 46.0 Å². The molecule has 2 rings (SSSR count). The predicted molar refractivity (Wildman–Crippen MR) is 86.9 cm³/mol. The number of aryl methyl sites for hydroxylation is 1. The number of carbonyl (C=O) groups excluding carboxylic acids is 2. The number of esters is 1. The van der Waals surface area contributed by atoms with Gasteiger partial charge in [-0.05, 0) is 45.4 Å². The Bertz CT molecular complexity index is 747. The van der Waals surface area contributed by atoms with E-state index in [-0.39, 0.29) is 17.8 Å². The number of aromatic nitrogens is 1. The third-order valence-corrected chi connectivity index (χ3v) is 3.32. The topological polar surface area (TPSA) is 91.4 Å². The van der Waals surface area contributed by atoms with Gasteiger partial charge in [-0.15, -0.1) is 0 Å². The summed E-state index contributed by atoms with van der Waals surface area (Å²) in [5.41, 5.74) is 2.24. The molecule has 3 N–H and O–H groups in total. The molecular weight excluding hydrogens is 296 g/mol. The molecule has 0 unspecified atom stereocenters. The van der Waals surface area contributed by atoms with Crippen molar-refractivity contribution in [1.29, 1.82) is 0 Å². The largest absolute Gasteiger partial charge is 0.508 e. The van der Waals surface area contributed by atoms with Gasteiger partial charge in [0, 0.05) is 17.4 Å². The zero-order valence-electron chi connectivity index (χ0n) is 13.6. The summed E-state index contributed by atoms with van der Waals surface area (Å²) in [5.74, 6) is -0.786. The number of nitrogens with one attached hydrogen (secondary N) is 2. The van der Waals surface area contributed by atoms with Crippen molar-refractivity contribution < 1.29 is 19.4 Å². The number of anilines is 1. The molecule has 1 heterocycles. The summed E-state index contributed by atoms with van der Waals surface area (Å²) in [6.45, 7) is 6.95. The van der Waals surface area contributed by atoms with Gasteiger partial charge in [0.15, 0.2) is 0 Å². The monoisotopic (exact) mass is 316 g/mol. The summed E-state index contributed by atoms with van der Waals surface area (Å²) < 4.78 is 5.20. The lowest BCUT2D eigenvalue weighted by atomic mass is 10.1. The molecule has 0 aliphatic carbocycles. The number of aromatic amines is 1. The highest BCUT2D eigenvalue weighted by Gasteiger charge is 2.23. The van der Waals surface area contributed by atoms with Gasteiger partial charge >= 0.3 is 5.97 Å². The van der Waals surface area contributed by atoms with Crippen LogP contribution in [0.3, 0.4) is 0 Å². The van der Waals surface area contributed by atoms with E-state index >= 15 is 0 Å². The normalized spacial score (nSPS) is 10.7. The molecule has 0 radical (unpaired) electrons. The first-order chi connectivity index (χ1) is 10.8. The Morgan fingerprint density at radius 1 is 1.26 bits per heavy atom. The van der Waals surface area contributed by atoms with Gasteiger partial charge in [0.2, 0.25) is 0 Å². The lowest BCUT2D eigenvalue weighted by Crippen LogP contribution is -2.15. The number of ether oxygens (including phenoxy) is 1. The molecule has 6 nitrogen and oxygen atoms in total. The number of rotatable bonds is 4. The fraction of sp³-hybridized carbons (Fsp3) is 0.294. The zero-order chi connectivity index (χ0) is 17.1. The molecule has 0 saturated carbocycles. The van der Waals surface area contributed by atoms with Crippen LogP contribution >= 0.6 is 0 Å². The molecule has 2 aromatic rings. The van der Waals surface area contributed by atoms with Crippen LogP contribution in [0.25, 0.3) is 0 Å². The smallest absolute Gasteiger partial charge is 0.340 e. The first-order valence-electron chi connectivity index (χ1n) is 7.30. The number of hydrogen-bond acceptors (Lipinski definition) is 4. The minimum Gasteiger partial charge on any atom is -0.508 e. The van der Waals surface area contributed by atoms with E-state index in [9.17, 15) is 14.7 Å². The number of carbonyl (C=O) groups is 2. The number of amides is 1. The molecule has 1 aromatic heterocycles. The maximum Gasteiger partial charge on any atom is 0.340 e. The average molecular weight is 316 g/mol. The Morgan fingerprint density at radius 3 is 2.57 bits per heavy atom. The van der Waals surface area contributed by atoms with Gasteiger partial charge < -0.3 is 20.1 Å². The predicted octanol–water partition coefficient (Wildman–Crippen LogP) is 3.15. The van der Waals surface area contributed by atoms with E-state index in [4.69, 9.17) is 4.74 Å². The third kappa shape index (κ3) is 3.71. The summed E-state index contributed by atoms with van der Waals surface area (Å²) >= 11 is 0. The number of aromatic hydroxyl groups is 1. The van der Waals surface area contributed by atoms with Crippen LogP contribution in [0.5, 0.6) is 5.75 Å². The molecule has 0 spiro atoms. The van der Waals surface area contributed by atoms with Gasteiger partial charge in [0.1, 0.15) is 11.4 Å². The molecule has 1 amide bonds. The van der Waals surface area contributed by atoms with Gasteiger partial charge in [-0.2, -0.15) is 0 Å². The number of H-pyrrole nitrogens is 1. The van der Waals surface area contributed by atoms with E-state index in [1.54, 1.807) is 39.8 Å². The number of hydrogen-bond donors (Lipinski definition) is 3. The molecule has 0 aliphatic heterocycles. The van der Waals surface area contributed by atoms with Crippen molar-refractivity contribution in [2.45, 2.75) is 33.8 Å². The summed E-state index contributed by atoms with van der Waals surface area (Å²) in [6, 6.07) is 6.25. The maximum atomic E-state index is 12.4. The van der Waals surface area contributed by atoms with Crippen LogP contribution in [-0.4, -0.2) is 28.1 Å². The highest BCUT2D eigenvalue weighted by molar-refractivity contribution is 6.06. The van der Waals surface area contributed by atoms with Crippen molar-refractivity contribution in [2.24, 2.45) is 0 Å². The summed E-state index contributed by atoms with van der Waals surface area (Å²) in [6.07, 6.45) is -0.235. The lowest BCUT2D eigenvalue weighted by Gasteiger charge is -2.08. The standard InChI is InChI=1S/C17H20N2O4/c1-9(2)23-17(22)14-10(3)15(18-11(14)4)16(21)19-12-6-5-7-13(20)8-12/h5-9,18,20H,1-4H3,(H,19,21). The summed E-state index contributed by atoms with van der Waals surface area (Å²) in [4.78, 5) is 27.4. The van der Waals surface area contributed by atoms with Crippen molar-refractivity contribution in [1.82, 2.24) is 4.98 Å². The second-order valence-electron chi connectivity index (χ2n) is 5.58. The van der Waals surface area contributed by atoms with E-state index in [0.717, 1.165) is 0 Å². The molecule has 0 saturated heterocycles. The van der Waals surface area contributed by atoms with E-state index in [1.807, 2.05) is 0 Å². The molecule has 0 bridgehead atoms. The Hall–Kier alpha value is -2.76. The van der Waals surface area contributed by atoms with Crippen LogP contribution < -0.4 is 5.32 Å². The molecule has 0 aliphatic rings. The highest BCUT2D eigenvalue weighted by atomic mass is 16.5. The second-order valence-corrected chi connectivity index (χ2v) is 5.58. The van der Waals surface area contributed by atoms with Gasteiger partial charge in [-0.25, -0.2) is 4.79 Å². The number of phenols is 1. The zero-order valence-corrected chi connectivity index (χ0v) is 13.6. The SMILES string of the molecule is Cc1[nH]c(C(=O)Nc2cccc(O)c2)c(C)c1C(=O)OC(C)C. The summed E-state index contributed by atoms with van der Waals surface area (Å²) in [5, 5.41) is 12.1.